The van der Waals surface area contributed by atoms with Crippen LogP contribution in [-0.4, -0.2) is 55.6 Å². The zero-order valence-electron chi connectivity index (χ0n) is 9.42. The molecule has 1 rings (SSSR count). The molecule has 0 saturated carbocycles. The van der Waals surface area contributed by atoms with E-state index >= 15 is 0 Å². The Hall–Kier alpha value is -0.770. The molecule has 2 amide bonds. The van der Waals surface area contributed by atoms with Crippen molar-refractivity contribution in [1.82, 2.24) is 15.1 Å². The van der Waals surface area contributed by atoms with Gasteiger partial charge in [-0.2, -0.15) is 0 Å². The number of hydrogen-bond acceptors (Lipinski definition) is 2. The molecule has 1 unspecified atom stereocenters. The van der Waals surface area contributed by atoms with E-state index in [9.17, 15) is 4.79 Å². The fourth-order valence-corrected chi connectivity index (χ4v) is 1.70. The van der Waals surface area contributed by atoms with Crippen LogP contribution >= 0.6 is 0 Å². The van der Waals surface area contributed by atoms with E-state index in [2.05, 4.69) is 17.1 Å². The molecule has 1 aliphatic heterocycles. The molecule has 4 nitrogen and oxygen atoms in total. The lowest BCUT2D eigenvalue weighted by Crippen LogP contribution is -2.43. The monoisotopic (exact) mass is 199 g/mol. The van der Waals surface area contributed by atoms with Crippen LogP contribution in [0.4, 0.5) is 4.79 Å². The summed E-state index contributed by atoms with van der Waals surface area (Å²) in [7, 11) is 3.52. The standard InChI is InChI=1S/C10H21N3O/c1-9(13-6-4-5-7-13)8-11-10(14)12(2)3/h9H,4-8H2,1-3H3,(H,11,14). The summed E-state index contributed by atoms with van der Waals surface area (Å²) in [4.78, 5) is 15.3. The highest BCUT2D eigenvalue weighted by Crippen LogP contribution is 2.10. The minimum absolute atomic E-state index is 0.00366. The van der Waals surface area contributed by atoms with Gasteiger partial charge >= 0.3 is 6.03 Å². The number of nitrogens with zero attached hydrogens (tertiary/aromatic N) is 2. The highest BCUT2D eigenvalue weighted by Gasteiger charge is 2.18. The lowest BCUT2D eigenvalue weighted by molar-refractivity contribution is 0.207. The minimum Gasteiger partial charge on any atom is -0.336 e. The van der Waals surface area contributed by atoms with Gasteiger partial charge in [0.1, 0.15) is 0 Å². The van der Waals surface area contributed by atoms with Crippen molar-refractivity contribution < 1.29 is 4.79 Å². The van der Waals surface area contributed by atoms with Crippen LogP contribution in [-0.2, 0) is 0 Å². The molecule has 4 heteroatoms. The maximum absolute atomic E-state index is 11.3. The predicted molar refractivity (Wildman–Crippen MR) is 57.4 cm³/mol. The van der Waals surface area contributed by atoms with Crippen LogP contribution in [0.2, 0.25) is 0 Å². The van der Waals surface area contributed by atoms with Crippen LogP contribution < -0.4 is 5.32 Å². The molecule has 0 aromatic carbocycles. The van der Waals surface area contributed by atoms with Crippen molar-refractivity contribution in [1.29, 1.82) is 0 Å². The first-order chi connectivity index (χ1) is 6.61. The van der Waals surface area contributed by atoms with E-state index in [4.69, 9.17) is 0 Å². The minimum atomic E-state index is -0.00366. The molecule has 1 fully saturated rings. The summed E-state index contributed by atoms with van der Waals surface area (Å²) in [6.07, 6.45) is 2.60. The van der Waals surface area contributed by atoms with E-state index in [1.807, 2.05) is 0 Å². The lowest BCUT2D eigenvalue weighted by Gasteiger charge is -2.24. The van der Waals surface area contributed by atoms with Crippen molar-refractivity contribution in [3.63, 3.8) is 0 Å². The van der Waals surface area contributed by atoms with E-state index in [0.29, 0.717) is 6.04 Å². The lowest BCUT2D eigenvalue weighted by atomic mass is 10.3. The molecule has 1 aliphatic rings. The van der Waals surface area contributed by atoms with Gasteiger partial charge in [-0.05, 0) is 32.9 Å². The van der Waals surface area contributed by atoms with E-state index in [-0.39, 0.29) is 6.03 Å². The summed E-state index contributed by atoms with van der Waals surface area (Å²) in [5.41, 5.74) is 0. The van der Waals surface area contributed by atoms with Gasteiger partial charge in [0.2, 0.25) is 0 Å². The molecule has 0 radical (unpaired) electrons. The molecule has 0 spiro atoms. The first-order valence-corrected chi connectivity index (χ1v) is 5.30. The first-order valence-electron chi connectivity index (χ1n) is 5.30. The van der Waals surface area contributed by atoms with E-state index in [1.54, 1.807) is 19.0 Å². The molecular weight excluding hydrogens is 178 g/mol. The maximum atomic E-state index is 11.3. The van der Waals surface area contributed by atoms with Crippen LogP contribution in [0.15, 0.2) is 0 Å². The summed E-state index contributed by atoms with van der Waals surface area (Å²) < 4.78 is 0. The third-order valence-corrected chi connectivity index (χ3v) is 2.72. The second-order valence-electron chi connectivity index (χ2n) is 4.17. The van der Waals surface area contributed by atoms with Gasteiger partial charge < -0.3 is 10.2 Å². The molecular formula is C10H21N3O. The number of rotatable bonds is 3. The number of likely N-dealkylation sites (tertiary alicyclic amines) is 1. The number of carbonyl (C=O) groups excluding carboxylic acids is 1. The van der Waals surface area contributed by atoms with Gasteiger partial charge in [0.05, 0.1) is 0 Å². The number of carbonyl (C=O) groups is 1. The smallest absolute Gasteiger partial charge is 0.316 e. The molecule has 82 valence electrons. The normalized spacial score (nSPS) is 19.4. The van der Waals surface area contributed by atoms with Crippen molar-refractivity contribution in [2.45, 2.75) is 25.8 Å². The summed E-state index contributed by atoms with van der Waals surface area (Å²) in [5.74, 6) is 0. The Labute approximate surface area is 86.2 Å². The highest BCUT2D eigenvalue weighted by molar-refractivity contribution is 5.73. The Morgan fingerprint density at radius 3 is 2.50 bits per heavy atom. The average molecular weight is 199 g/mol. The molecule has 0 bridgehead atoms. The van der Waals surface area contributed by atoms with Crippen LogP contribution in [0.3, 0.4) is 0 Å². The second kappa shape index (κ2) is 5.20. The summed E-state index contributed by atoms with van der Waals surface area (Å²) in [6.45, 7) is 5.27. The zero-order valence-corrected chi connectivity index (χ0v) is 9.42. The van der Waals surface area contributed by atoms with Gasteiger partial charge in [0.25, 0.3) is 0 Å². The number of amides is 2. The Morgan fingerprint density at radius 2 is 2.00 bits per heavy atom. The molecule has 1 heterocycles. The zero-order chi connectivity index (χ0) is 10.6. The molecule has 1 atom stereocenters. The van der Waals surface area contributed by atoms with Crippen molar-refractivity contribution in [2.24, 2.45) is 0 Å². The van der Waals surface area contributed by atoms with Crippen molar-refractivity contribution in [2.75, 3.05) is 33.7 Å². The highest BCUT2D eigenvalue weighted by atomic mass is 16.2. The maximum Gasteiger partial charge on any atom is 0.316 e. The Balaban J connectivity index is 2.20. The van der Waals surface area contributed by atoms with Gasteiger partial charge in [0, 0.05) is 26.7 Å². The van der Waals surface area contributed by atoms with Crippen molar-refractivity contribution >= 4 is 6.03 Å². The van der Waals surface area contributed by atoms with E-state index in [0.717, 1.165) is 6.54 Å². The van der Waals surface area contributed by atoms with Crippen LogP contribution in [0.1, 0.15) is 19.8 Å². The second-order valence-corrected chi connectivity index (χ2v) is 4.17. The Morgan fingerprint density at radius 1 is 1.43 bits per heavy atom. The first kappa shape index (κ1) is 11.3. The van der Waals surface area contributed by atoms with E-state index in [1.165, 1.54) is 25.9 Å². The predicted octanol–water partition coefficient (Wildman–Crippen LogP) is 0.742. The summed E-state index contributed by atoms with van der Waals surface area (Å²) in [6, 6.07) is 0.456. The van der Waals surface area contributed by atoms with Crippen LogP contribution in [0, 0.1) is 0 Å². The summed E-state index contributed by atoms with van der Waals surface area (Å²) in [5, 5.41) is 2.90. The van der Waals surface area contributed by atoms with Gasteiger partial charge in [-0.1, -0.05) is 0 Å². The van der Waals surface area contributed by atoms with Crippen LogP contribution in [0.5, 0.6) is 0 Å². The van der Waals surface area contributed by atoms with Gasteiger partial charge in [-0.3, -0.25) is 4.90 Å². The van der Waals surface area contributed by atoms with Crippen molar-refractivity contribution in [3.05, 3.63) is 0 Å². The molecule has 0 aromatic rings. The quantitative estimate of drug-likeness (QED) is 0.727. The number of hydrogen-bond donors (Lipinski definition) is 1. The Kier molecular flexibility index (Phi) is 4.20. The summed E-state index contributed by atoms with van der Waals surface area (Å²) >= 11 is 0. The SMILES string of the molecule is CC(CNC(=O)N(C)C)N1CCCC1. The van der Waals surface area contributed by atoms with Crippen molar-refractivity contribution in [3.8, 4) is 0 Å². The van der Waals surface area contributed by atoms with Gasteiger partial charge in [0.15, 0.2) is 0 Å². The molecule has 0 aliphatic carbocycles. The molecule has 1 saturated heterocycles. The van der Waals surface area contributed by atoms with E-state index < -0.39 is 0 Å². The number of urea groups is 1. The number of nitrogens with one attached hydrogen (secondary N) is 1. The average Bonchev–Trinajstić information content (AvgIpc) is 2.66. The largest absolute Gasteiger partial charge is 0.336 e. The fourth-order valence-electron chi connectivity index (χ4n) is 1.70. The fraction of sp³-hybridized carbons (Fsp3) is 0.900. The molecule has 1 N–H and O–H groups in total. The third-order valence-electron chi connectivity index (χ3n) is 2.72. The molecule has 0 aromatic heterocycles. The molecule has 14 heavy (non-hydrogen) atoms. The van der Waals surface area contributed by atoms with Gasteiger partial charge in [-0.15, -0.1) is 0 Å². The third kappa shape index (κ3) is 3.18. The topological polar surface area (TPSA) is 35.6 Å². The Bertz CT molecular complexity index is 188. The van der Waals surface area contributed by atoms with Crippen LogP contribution in [0.25, 0.3) is 0 Å². The van der Waals surface area contributed by atoms with Gasteiger partial charge in [-0.25, -0.2) is 4.79 Å².